The van der Waals surface area contributed by atoms with E-state index in [1.807, 2.05) is 16.7 Å². The molecule has 0 spiro atoms. The minimum absolute atomic E-state index is 0.0365. The van der Waals surface area contributed by atoms with Crippen LogP contribution in [-0.2, 0) is 11.3 Å². The van der Waals surface area contributed by atoms with Crippen molar-refractivity contribution in [1.29, 1.82) is 0 Å². The van der Waals surface area contributed by atoms with Gasteiger partial charge in [0.25, 0.3) is 0 Å². The molecule has 1 unspecified atom stereocenters. The maximum atomic E-state index is 14.3. The van der Waals surface area contributed by atoms with Crippen LogP contribution in [0.3, 0.4) is 0 Å². The Morgan fingerprint density at radius 2 is 1.93 bits per heavy atom. The summed E-state index contributed by atoms with van der Waals surface area (Å²) in [6.07, 6.45) is 1.54. The molecule has 6 heteroatoms. The van der Waals surface area contributed by atoms with Crippen LogP contribution in [0.15, 0.2) is 36.4 Å². The molecule has 0 saturated heterocycles. The van der Waals surface area contributed by atoms with Crippen LogP contribution in [0.1, 0.15) is 53.6 Å². The smallest absolute Gasteiger partial charge is 0.304 e. The van der Waals surface area contributed by atoms with E-state index in [0.717, 1.165) is 35.4 Å². The van der Waals surface area contributed by atoms with Crippen molar-refractivity contribution in [3.63, 3.8) is 0 Å². The summed E-state index contributed by atoms with van der Waals surface area (Å²) in [5.74, 6) is -1.64. The second kappa shape index (κ2) is 7.13. The normalized spacial score (nSPS) is 20.2. The zero-order valence-electron chi connectivity index (χ0n) is 15.4. The van der Waals surface area contributed by atoms with Crippen LogP contribution in [0, 0.1) is 11.7 Å². The van der Waals surface area contributed by atoms with Crippen LogP contribution in [0.25, 0.3) is 0 Å². The van der Waals surface area contributed by atoms with Crippen LogP contribution in [0.2, 0.25) is 5.02 Å². The van der Waals surface area contributed by atoms with Crippen molar-refractivity contribution < 1.29 is 23.7 Å². The summed E-state index contributed by atoms with van der Waals surface area (Å²) in [6.45, 7) is 1.92. The fourth-order valence-corrected chi connectivity index (χ4v) is 4.74. The molecule has 1 aliphatic heterocycles. The molecule has 144 valence electrons. The Hall–Kier alpha value is -2.53. The lowest BCUT2D eigenvalue weighted by Crippen LogP contribution is -2.22. The van der Waals surface area contributed by atoms with Gasteiger partial charge in [0.05, 0.1) is 23.8 Å². The van der Waals surface area contributed by atoms with Gasteiger partial charge in [-0.15, -0.1) is 0 Å². The summed E-state index contributed by atoms with van der Waals surface area (Å²) in [5.41, 5.74) is 3.84. The number of hydrogen-bond acceptors (Lipinski definition) is 2. The highest BCUT2D eigenvalue weighted by atomic mass is 35.5. The number of hydrogen-bond donors (Lipinski definition) is 1. The predicted octanol–water partition coefficient (Wildman–Crippen LogP) is 4.95. The Morgan fingerprint density at radius 1 is 1.21 bits per heavy atom. The van der Waals surface area contributed by atoms with E-state index in [0.29, 0.717) is 17.1 Å². The lowest BCUT2D eigenvalue weighted by atomic mass is 9.93. The second-order valence-electron chi connectivity index (χ2n) is 7.51. The van der Waals surface area contributed by atoms with Crippen LogP contribution in [0.4, 0.5) is 10.1 Å². The van der Waals surface area contributed by atoms with Gasteiger partial charge in [0.1, 0.15) is 5.82 Å². The summed E-state index contributed by atoms with van der Waals surface area (Å²) in [4.78, 5) is 23.7. The van der Waals surface area contributed by atoms with E-state index in [1.165, 1.54) is 19.1 Å². The SMILES string of the molecule is CC(=O)c1cc(F)cc2c1[N+](Cc1ccc(Cl)cc1)=C1C2CC[C@@H]1CC(=O)O. The monoisotopic (exact) mass is 400 g/mol. The Bertz CT molecular complexity index is 1010. The zero-order valence-corrected chi connectivity index (χ0v) is 16.2. The van der Waals surface area contributed by atoms with E-state index in [-0.39, 0.29) is 24.0 Å². The molecule has 1 saturated carbocycles. The van der Waals surface area contributed by atoms with Gasteiger partial charge in [0.15, 0.2) is 18.0 Å². The fourth-order valence-electron chi connectivity index (χ4n) is 4.62. The zero-order chi connectivity index (χ0) is 20.0. The Balaban J connectivity index is 1.89. The largest absolute Gasteiger partial charge is 0.481 e. The van der Waals surface area contributed by atoms with E-state index in [2.05, 4.69) is 0 Å². The van der Waals surface area contributed by atoms with E-state index in [9.17, 15) is 19.1 Å². The molecule has 0 radical (unpaired) electrons. The minimum Gasteiger partial charge on any atom is -0.481 e. The van der Waals surface area contributed by atoms with Crippen molar-refractivity contribution in [1.82, 2.24) is 0 Å². The summed E-state index contributed by atoms with van der Waals surface area (Å²) in [7, 11) is 0. The Kier molecular flexibility index (Phi) is 4.79. The number of carbonyl (C=O) groups excluding carboxylic acids is 1. The van der Waals surface area contributed by atoms with Crippen LogP contribution in [-0.4, -0.2) is 27.1 Å². The molecule has 2 aliphatic rings. The number of Topliss-reactive ketones (excluding diaryl/α,β-unsaturated/α-hetero) is 1. The van der Waals surface area contributed by atoms with Gasteiger partial charge < -0.3 is 5.11 Å². The fraction of sp³-hybridized carbons (Fsp3) is 0.318. The number of ketones is 1. The van der Waals surface area contributed by atoms with Crippen molar-refractivity contribution in [3.8, 4) is 0 Å². The minimum atomic E-state index is -0.849. The first-order valence-corrected chi connectivity index (χ1v) is 9.68. The Morgan fingerprint density at radius 3 is 2.57 bits per heavy atom. The van der Waals surface area contributed by atoms with Gasteiger partial charge in [-0.3, -0.25) is 9.59 Å². The van der Waals surface area contributed by atoms with Crippen molar-refractivity contribution >= 4 is 34.8 Å². The molecule has 2 atom stereocenters. The summed E-state index contributed by atoms with van der Waals surface area (Å²) in [6, 6.07) is 10.2. The van der Waals surface area contributed by atoms with E-state index in [4.69, 9.17) is 11.6 Å². The summed E-state index contributed by atoms with van der Waals surface area (Å²) in [5, 5.41) is 9.98. The summed E-state index contributed by atoms with van der Waals surface area (Å²) < 4.78 is 16.3. The third kappa shape index (κ3) is 3.24. The molecular formula is C22H20ClFNO3+. The van der Waals surface area contributed by atoms with Crippen molar-refractivity contribution in [2.24, 2.45) is 5.92 Å². The number of rotatable bonds is 5. The van der Waals surface area contributed by atoms with Crippen molar-refractivity contribution in [3.05, 3.63) is 63.9 Å². The van der Waals surface area contributed by atoms with E-state index in [1.54, 1.807) is 12.1 Å². The lowest BCUT2D eigenvalue weighted by Gasteiger charge is -2.10. The average Bonchev–Trinajstić information content (AvgIpc) is 3.16. The highest BCUT2D eigenvalue weighted by Crippen LogP contribution is 2.48. The molecule has 0 bridgehead atoms. The van der Waals surface area contributed by atoms with Crippen LogP contribution >= 0.6 is 11.6 Å². The van der Waals surface area contributed by atoms with Gasteiger partial charge in [0.2, 0.25) is 5.69 Å². The molecule has 4 nitrogen and oxygen atoms in total. The first-order chi connectivity index (χ1) is 13.3. The lowest BCUT2D eigenvalue weighted by molar-refractivity contribution is -0.457. The summed E-state index contributed by atoms with van der Waals surface area (Å²) >= 11 is 5.99. The van der Waals surface area contributed by atoms with Crippen molar-refractivity contribution in [2.45, 2.75) is 38.6 Å². The number of carboxylic acids is 1. The molecule has 4 rings (SSSR count). The number of nitrogens with zero attached hydrogens (tertiary/aromatic N) is 1. The molecule has 0 amide bonds. The molecule has 2 aromatic rings. The third-order valence-corrected chi connectivity index (χ3v) is 5.95. The highest BCUT2D eigenvalue weighted by Gasteiger charge is 2.49. The third-order valence-electron chi connectivity index (χ3n) is 5.69. The van der Waals surface area contributed by atoms with Gasteiger partial charge in [0, 0.05) is 16.1 Å². The Labute approximate surface area is 167 Å². The molecule has 2 aromatic carbocycles. The first-order valence-electron chi connectivity index (χ1n) is 9.30. The number of carbonyl (C=O) groups is 2. The predicted molar refractivity (Wildman–Crippen MR) is 104 cm³/mol. The molecule has 1 N–H and O–H groups in total. The van der Waals surface area contributed by atoms with Gasteiger partial charge in [-0.1, -0.05) is 23.7 Å². The van der Waals surface area contributed by atoms with E-state index < -0.39 is 11.8 Å². The van der Waals surface area contributed by atoms with E-state index >= 15 is 0 Å². The number of benzene rings is 2. The molecule has 1 heterocycles. The number of aliphatic carboxylic acids is 1. The van der Waals surface area contributed by atoms with Crippen LogP contribution < -0.4 is 0 Å². The topological polar surface area (TPSA) is 57.4 Å². The maximum absolute atomic E-state index is 14.3. The maximum Gasteiger partial charge on any atom is 0.304 e. The first kappa shape index (κ1) is 18.8. The van der Waals surface area contributed by atoms with Gasteiger partial charge >= 0.3 is 5.97 Å². The van der Waals surface area contributed by atoms with Gasteiger partial charge in [-0.25, -0.2) is 4.39 Å². The van der Waals surface area contributed by atoms with Gasteiger partial charge in [-0.05, 0) is 44.0 Å². The molecule has 0 aromatic heterocycles. The number of carboxylic acid groups (broad SMARTS) is 1. The number of halogens is 2. The molecule has 1 fully saturated rings. The molecule has 1 aliphatic carbocycles. The highest BCUT2D eigenvalue weighted by molar-refractivity contribution is 6.30. The standard InChI is InChI=1S/C22H19ClFNO3/c1-12(26)18-9-16(24)10-19-17-7-4-14(8-20(27)28)21(17)25(22(18)19)11-13-2-5-15(23)6-3-13/h2-3,5-6,9-10,14,17H,4,7-8,11H2,1H3/p+1/t14-,17?/m1/s1. The van der Waals surface area contributed by atoms with Crippen LogP contribution in [0.5, 0.6) is 0 Å². The molecular weight excluding hydrogens is 381 g/mol. The van der Waals surface area contributed by atoms with Gasteiger partial charge in [-0.2, -0.15) is 4.58 Å². The molecule has 28 heavy (non-hydrogen) atoms. The second-order valence-corrected chi connectivity index (χ2v) is 7.95. The quantitative estimate of drug-likeness (QED) is 0.570. The van der Waals surface area contributed by atoms with Crippen molar-refractivity contribution in [2.75, 3.05) is 0 Å². The number of fused-ring (bicyclic) bond motifs is 3. The average molecular weight is 401 g/mol.